The second kappa shape index (κ2) is 6.81. The molecule has 7 heteroatoms. The number of aliphatic carboxylic acids is 1. The number of thioether (sulfide) groups is 1. The van der Waals surface area contributed by atoms with Crippen LogP contribution in [-0.2, 0) is 21.2 Å². The van der Waals surface area contributed by atoms with Crippen LogP contribution in [0.4, 0.5) is 0 Å². The highest BCUT2D eigenvalue weighted by Crippen LogP contribution is 2.29. The molecule has 2 rings (SSSR count). The number of benzene rings is 1. The number of carboxylic acids is 1. The molecule has 1 fully saturated rings. The summed E-state index contributed by atoms with van der Waals surface area (Å²) in [7, 11) is -3.53. The average Bonchev–Trinajstić information content (AvgIpc) is 2.85. The fourth-order valence-electron chi connectivity index (χ4n) is 2.51. The van der Waals surface area contributed by atoms with E-state index in [1.807, 2.05) is 6.26 Å². The van der Waals surface area contributed by atoms with Gasteiger partial charge in [0.15, 0.2) is 0 Å². The molecule has 5 nitrogen and oxygen atoms in total. The molecule has 0 amide bonds. The van der Waals surface area contributed by atoms with E-state index in [9.17, 15) is 13.2 Å². The minimum absolute atomic E-state index is 0.00820. The molecule has 1 aliphatic carbocycles. The lowest BCUT2D eigenvalue weighted by Gasteiger charge is -2.13. The van der Waals surface area contributed by atoms with Gasteiger partial charge in [-0.05, 0) is 43.2 Å². The molecule has 116 valence electrons. The molecule has 21 heavy (non-hydrogen) atoms. The Labute approximate surface area is 129 Å². The lowest BCUT2D eigenvalue weighted by molar-refractivity contribution is -0.136. The third-order valence-electron chi connectivity index (χ3n) is 3.63. The van der Waals surface area contributed by atoms with Crippen LogP contribution in [0.3, 0.4) is 0 Å². The van der Waals surface area contributed by atoms with E-state index in [1.54, 1.807) is 23.9 Å². The molecule has 0 heterocycles. The molecule has 0 bridgehead atoms. The highest BCUT2D eigenvalue weighted by molar-refractivity contribution is 7.99. The summed E-state index contributed by atoms with van der Waals surface area (Å²) in [5, 5.41) is 9.23. The van der Waals surface area contributed by atoms with Crippen molar-refractivity contribution in [3.05, 3.63) is 29.8 Å². The Kier molecular flexibility index (Phi) is 5.29. The maximum atomic E-state index is 12.3. The normalized spacial score (nSPS) is 22.3. The monoisotopic (exact) mass is 329 g/mol. The molecule has 2 unspecified atom stereocenters. The van der Waals surface area contributed by atoms with Gasteiger partial charge in [0.2, 0.25) is 10.0 Å². The van der Waals surface area contributed by atoms with Gasteiger partial charge in [0.25, 0.3) is 0 Å². The summed E-state index contributed by atoms with van der Waals surface area (Å²) in [5.74, 6) is -0.933. The Balaban J connectivity index is 2.04. The summed E-state index contributed by atoms with van der Waals surface area (Å²) in [6.07, 6.45) is 4.69. The van der Waals surface area contributed by atoms with Gasteiger partial charge in [0.05, 0.1) is 11.3 Å². The van der Waals surface area contributed by atoms with Gasteiger partial charge in [-0.15, -0.1) is 0 Å². The number of hydrogen-bond donors (Lipinski definition) is 2. The maximum Gasteiger partial charge on any atom is 0.307 e. The maximum absolute atomic E-state index is 12.3. The van der Waals surface area contributed by atoms with E-state index < -0.39 is 16.0 Å². The number of nitrogens with one attached hydrogen (secondary N) is 1. The Bertz CT molecular complexity index is 598. The third-order valence-corrected chi connectivity index (χ3v) is 6.26. The molecule has 1 aliphatic rings. The van der Waals surface area contributed by atoms with Crippen molar-refractivity contribution in [2.24, 2.45) is 0 Å². The number of carboxylic acid groups (broad SMARTS) is 1. The number of sulfonamides is 1. The Morgan fingerprint density at radius 3 is 2.52 bits per heavy atom. The molecule has 1 aromatic rings. The van der Waals surface area contributed by atoms with Crippen molar-refractivity contribution in [3.8, 4) is 0 Å². The zero-order chi connectivity index (χ0) is 15.5. The smallest absolute Gasteiger partial charge is 0.307 e. The molecule has 2 atom stereocenters. The van der Waals surface area contributed by atoms with Crippen molar-refractivity contribution in [3.63, 3.8) is 0 Å². The zero-order valence-electron chi connectivity index (χ0n) is 11.8. The van der Waals surface area contributed by atoms with Gasteiger partial charge in [-0.1, -0.05) is 12.1 Å². The molecular formula is C14H19NO4S2. The van der Waals surface area contributed by atoms with Gasteiger partial charge < -0.3 is 5.11 Å². The Hall–Kier alpha value is -1.05. The van der Waals surface area contributed by atoms with Crippen LogP contribution >= 0.6 is 11.8 Å². The van der Waals surface area contributed by atoms with Crippen LogP contribution in [0.5, 0.6) is 0 Å². The molecule has 1 aromatic carbocycles. The highest BCUT2D eigenvalue weighted by atomic mass is 32.2. The third kappa shape index (κ3) is 4.46. The lowest BCUT2D eigenvalue weighted by Crippen LogP contribution is -2.33. The Morgan fingerprint density at radius 1 is 1.33 bits per heavy atom. The van der Waals surface area contributed by atoms with Crippen molar-refractivity contribution in [1.82, 2.24) is 4.72 Å². The number of rotatable bonds is 6. The van der Waals surface area contributed by atoms with Crippen molar-refractivity contribution < 1.29 is 18.3 Å². The molecule has 0 spiro atoms. The van der Waals surface area contributed by atoms with Crippen molar-refractivity contribution in [2.45, 2.75) is 41.9 Å². The van der Waals surface area contributed by atoms with Crippen molar-refractivity contribution in [1.29, 1.82) is 0 Å². The van der Waals surface area contributed by atoms with Crippen LogP contribution in [0.1, 0.15) is 24.8 Å². The van der Waals surface area contributed by atoms with E-state index in [1.165, 1.54) is 12.1 Å². The first-order valence-corrected chi connectivity index (χ1v) is 9.53. The molecular weight excluding hydrogens is 310 g/mol. The van der Waals surface area contributed by atoms with Gasteiger partial charge in [0, 0.05) is 11.3 Å². The van der Waals surface area contributed by atoms with Crippen molar-refractivity contribution in [2.75, 3.05) is 6.26 Å². The zero-order valence-corrected chi connectivity index (χ0v) is 13.4. The SMILES string of the molecule is CSC1CCC(NS(=O)(=O)c2ccc(CC(=O)O)cc2)C1. The van der Waals surface area contributed by atoms with E-state index in [0.717, 1.165) is 19.3 Å². The minimum atomic E-state index is -3.53. The summed E-state index contributed by atoms with van der Waals surface area (Å²) in [6.45, 7) is 0. The summed E-state index contributed by atoms with van der Waals surface area (Å²) in [6, 6.07) is 6.00. The van der Waals surface area contributed by atoms with E-state index in [2.05, 4.69) is 4.72 Å². The number of hydrogen-bond acceptors (Lipinski definition) is 4. The number of carbonyl (C=O) groups is 1. The molecule has 0 radical (unpaired) electrons. The highest BCUT2D eigenvalue weighted by Gasteiger charge is 2.28. The largest absolute Gasteiger partial charge is 0.481 e. The summed E-state index contributed by atoms with van der Waals surface area (Å²) in [5.41, 5.74) is 0.588. The van der Waals surface area contributed by atoms with Crippen LogP contribution < -0.4 is 4.72 Å². The first-order chi connectivity index (χ1) is 9.90. The fraction of sp³-hybridized carbons (Fsp3) is 0.500. The van der Waals surface area contributed by atoms with Crippen LogP contribution in [0.25, 0.3) is 0 Å². The van der Waals surface area contributed by atoms with Crippen LogP contribution in [0, 0.1) is 0 Å². The van der Waals surface area contributed by atoms with Gasteiger partial charge in [-0.3, -0.25) is 4.79 Å². The van der Waals surface area contributed by atoms with Crippen LogP contribution in [0.2, 0.25) is 0 Å². The van der Waals surface area contributed by atoms with Gasteiger partial charge in [-0.2, -0.15) is 11.8 Å². The topological polar surface area (TPSA) is 83.5 Å². The summed E-state index contributed by atoms with van der Waals surface area (Å²) in [4.78, 5) is 10.8. The molecule has 0 aliphatic heterocycles. The lowest BCUT2D eigenvalue weighted by atomic mass is 10.2. The standard InChI is InChI=1S/C14H19NO4S2/c1-20-12-5-4-11(9-12)15-21(18,19)13-6-2-10(3-7-13)8-14(16)17/h2-3,6-7,11-12,15H,4-5,8-9H2,1H3,(H,16,17). The fourth-order valence-corrected chi connectivity index (χ4v) is 4.59. The van der Waals surface area contributed by atoms with E-state index in [0.29, 0.717) is 10.8 Å². The van der Waals surface area contributed by atoms with E-state index in [4.69, 9.17) is 5.11 Å². The van der Waals surface area contributed by atoms with Gasteiger partial charge >= 0.3 is 5.97 Å². The predicted molar refractivity (Wildman–Crippen MR) is 83.0 cm³/mol. The predicted octanol–water partition coefficient (Wildman–Crippen LogP) is 1.88. The molecule has 2 N–H and O–H groups in total. The Morgan fingerprint density at radius 2 is 2.00 bits per heavy atom. The van der Waals surface area contributed by atoms with E-state index in [-0.39, 0.29) is 17.4 Å². The van der Waals surface area contributed by atoms with Gasteiger partial charge in [0.1, 0.15) is 0 Å². The van der Waals surface area contributed by atoms with Gasteiger partial charge in [-0.25, -0.2) is 13.1 Å². The molecule has 1 saturated carbocycles. The average molecular weight is 329 g/mol. The second-order valence-corrected chi connectivity index (χ2v) is 8.06. The van der Waals surface area contributed by atoms with Crippen LogP contribution in [0.15, 0.2) is 29.2 Å². The first-order valence-electron chi connectivity index (χ1n) is 6.76. The summed E-state index contributed by atoms with van der Waals surface area (Å²) < 4.78 is 27.3. The molecule has 0 aromatic heterocycles. The molecule has 0 saturated heterocycles. The van der Waals surface area contributed by atoms with Crippen molar-refractivity contribution >= 4 is 27.8 Å². The second-order valence-electron chi connectivity index (χ2n) is 5.20. The first kappa shape index (κ1) is 16.3. The van der Waals surface area contributed by atoms with Crippen LogP contribution in [-0.4, -0.2) is 37.0 Å². The minimum Gasteiger partial charge on any atom is -0.481 e. The summed E-state index contributed by atoms with van der Waals surface area (Å²) >= 11 is 1.78. The quantitative estimate of drug-likeness (QED) is 0.832. The van der Waals surface area contributed by atoms with E-state index >= 15 is 0 Å².